The number of nitrogens with zero attached hydrogens (tertiary/aromatic N) is 4. The summed E-state index contributed by atoms with van der Waals surface area (Å²) in [6.07, 6.45) is 0. The summed E-state index contributed by atoms with van der Waals surface area (Å²) in [5, 5.41) is 23.2. The lowest BCUT2D eigenvalue weighted by Gasteiger charge is -2.10. The average molecular weight is 474 g/mol. The van der Waals surface area contributed by atoms with E-state index in [-0.39, 0.29) is 17.4 Å². The minimum atomic E-state index is -0.279. The van der Waals surface area contributed by atoms with Crippen molar-refractivity contribution in [2.75, 3.05) is 12.9 Å². The van der Waals surface area contributed by atoms with Crippen molar-refractivity contribution in [2.24, 2.45) is 5.10 Å². The number of rotatable bonds is 8. The molecule has 0 unspecified atom stereocenters. The molecule has 1 aromatic heterocycles. The smallest absolute Gasteiger partial charge is 0.250 e. The standard InChI is InChI=1S/C25H23N5O3S/c1-17(19-13-14-21(31)22(15-19)33-2)26-27-23(32)16-34-25-29-28-24(18-9-5-3-6-10-18)30(25)20-11-7-4-8-12-20/h3-15,31H,16H2,1-2H3,(H,27,32)/b26-17+. The zero-order chi connectivity index (χ0) is 23.9. The number of hydrazone groups is 1. The number of phenolic OH excluding ortho intramolecular Hbond substituents is 1. The van der Waals surface area contributed by atoms with Crippen LogP contribution in [0.5, 0.6) is 11.5 Å². The molecule has 0 bridgehead atoms. The molecule has 0 atom stereocenters. The van der Waals surface area contributed by atoms with E-state index in [0.717, 1.165) is 16.8 Å². The molecule has 4 aromatic rings. The first kappa shape index (κ1) is 23.1. The highest BCUT2D eigenvalue weighted by molar-refractivity contribution is 7.99. The zero-order valence-electron chi connectivity index (χ0n) is 18.7. The maximum atomic E-state index is 12.5. The minimum absolute atomic E-state index is 0.0388. The molecule has 3 aromatic carbocycles. The van der Waals surface area contributed by atoms with Crippen LogP contribution in [-0.4, -0.2) is 44.4 Å². The topological polar surface area (TPSA) is 102 Å². The predicted molar refractivity (Wildman–Crippen MR) is 133 cm³/mol. The van der Waals surface area contributed by atoms with E-state index in [1.54, 1.807) is 19.1 Å². The Morgan fingerprint density at radius 2 is 1.76 bits per heavy atom. The fraction of sp³-hybridized carbons (Fsp3) is 0.120. The van der Waals surface area contributed by atoms with Gasteiger partial charge in [-0.15, -0.1) is 10.2 Å². The number of phenols is 1. The zero-order valence-corrected chi connectivity index (χ0v) is 19.5. The monoisotopic (exact) mass is 473 g/mol. The van der Waals surface area contributed by atoms with Crippen LogP contribution in [0.4, 0.5) is 0 Å². The van der Waals surface area contributed by atoms with Crippen molar-refractivity contribution in [3.05, 3.63) is 84.4 Å². The van der Waals surface area contributed by atoms with Gasteiger partial charge >= 0.3 is 0 Å². The van der Waals surface area contributed by atoms with Gasteiger partial charge in [0.05, 0.1) is 18.6 Å². The minimum Gasteiger partial charge on any atom is -0.504 e. The number of para-hydroxylation sites is 1. The third-order valence-corrected chi connectivity index (χ3v) is 5.89. The number of amides is 1. The largest absolute Gasteiger partial charge is 0.504 e. The third-order valence-electron chi connectivity index (χ3n) is 4.96. The SMILES string of the molecule is COc1cc(/C(C)=N/NC(=O)CSc2nnc(-c3ccccc3)n2-c2ccccc2)ccc1O. The van der Waals surface area contributed by atoms with E-state index in [1.165, 1.54) is 24.9 Å². The van der Waals surface area contributed by atoms with Crippen molar-refractivity contribution in [3.63, 3.8) is 0 Å². The molecule has 0 radical (unpaired) electrons. The van der Waals surface area contributed by atoms with Crippen LogP contribution in [0.2, 0.25) is 0 Å². The predicted octanol–water partition coefficient (Wildman–Crippen LogP) is 4.28. The van der Waals surface area contributed by atoms with Crippen LogP contribution >= 0.6 is 11.8 Å². The van der Waals surface area contributed by atoms with E-state index in [0.29, 0.717) is 22.4 Å². The number of hydrogen-bond donors (Lipinski definition) is 2. The van der Waals surface area contributed by atoms with Crippen LogP contribution in [0.25, 0.3) is 17.1 Å². The summed E-state index contributed by atoms with van der Waals surface area (Å²) in [5.74, 6) is 0.902. The van der Waals surface area contributed by atoms with Crippen LogP contribution in [0, 0.1) is 0 Å². The Bertz CT molecular complexity index is 1310. The normalized spacial score (nSPS) is 11.3. The van der Waals surface area contributed by atoms with Gasteiger partial charge in [0, 0.05) is 16.8 Å². The van der Waals surface area contributed by atoms with Crippen LogP contribution in [0.3, 0.4) is 0 Å². The molecule has 9 heteroatoms. The highest BCUT2D eigenvalue weighted by Crippen LogP contribution is 2.28. The quantitative estimate of drug-likeness (QED) is 0.225. The molecular weight excluding hydrogens is 450 g/mol. The van der Waals surface area contributed by atoms with Gasteiger partial charge in [-0.05, 0) is 37.3 Å². The Morgan fingerprint density at radius 3 is 2.47 bits per heavy atom. The van der Waals surface area contributed by atoms with Gasteiger partial charge in [-0.2, -0.15) is 5.10 Å². The van der Waals surface area contributed by atoms with Crippen molar-refractivity contribution < 1.29 is 14.6 Å². The molecular formula is C25H23N5O3S. The Morgan fingerprint density at radius 1 is 1.06 bits per heavy atom. The van der Waals surface area contributed by atoms with Gasteiger partial charge in [-0.25, -0.2) is 5.43 Å². The van der Waals surface area contributed by atoms with Gasteiger partial charge in [0.2, 0.25) is 0 Å². The fourth-order valence-corrected chi connectivity index (χ4v) is 3.97. The van der Waals surface area contributed by atoms with Gasteiger partial charge in [-0.1, -0.05) is 60.3 Å². The summed E-state index contributed by atoms with van der Waals surface area (Å²) in [6.45, 7) is 1.76. The number of ether oxygens (including phenoxy) is 1. The number of methoxy groups -OCH3 is 1. The van der Waals surface area contributed by atoms with Gasteiger partial charge < -0.3 is 9.84 Å². The molecule has 2 N–H and O–H groups in total. The van der Waals surface area contributed by atoms with Crippen LogP contribution in [0.15, 0.2) is 89.1 Å². The van der Waals surface area contributed by atoms with E-state index in [4.69, 9.17) is 4.74 Å². The first-order valence-corrected chi connectivity index (χ1v) is 11.4. The van der Waals surface area contributed by atoms with Crippen LogP contribution in [-0.2, 0) is 4.79 Å². The molecule has 0 saturated heterocycles. The second kappa shape index (κ2) is 10.7. The number of benzene rings is 3. The van der Waals surface area contributed by atoms with E-state index in [1.807, 2.05) is 65.2 Å². The summed E-state index contributed by atoms with van der Waals surface area (Å²) < 4.78 is 7.05. The summed E-state index contributed by atoms with van der Waals surface area (Å²) in [4.78, 5) is 12.5. The summed E-state index contributed by atoms with van der Waals surface area (Å²) in [6, 6.07) is 24.4. The lowest BCUT2D eigenvalue weighted by molar-refractivity contribution is -0.118. The summed E-state index contributed by atoms with van der Waals surface area (Å²) >= 11 is 1.28. The molecule has 0 aliphatic carbocycles. The molecule has 34 heavy (non-hydrogen) atoms. The summed E-state index contributed by atoms with van der Waals surface area (Å²) in [7, 11) is 1.47. The van der Waals surface area contributed by atoms with E-state index >= 15 is 0 Å². The molecule has 1 amide bonds. The molecule has 0 spiro atoms. The molecule has 4 rings (SSSR count). The molecule has 0 aliphatic heterocycles. The second-order valence-corrected chi connectivity index (χ2v) is 8.19. The van der Waals surface area contributed by atoms with E-state index < -0.39 is 0 Å². The highest BCUT2D eigenvalue weighted by atomic mass is 32.2. The number of nitrogens with one attached hydrogen (secondary N) is 1. The van der Waals surface area contributed by atoms with Crippen LogP contribution in [0.1, 0.15) is 12.5 Å². The number of hydrogen-bond acceptors (Lipinski definition) is 7. The number of carbonyl (C=O) groups excluding carboxylic acids is 1. The maximum absolute atomic E-state index is 12.5. The van der Waals surface area contributed by atoms with Crippen molar-refractivity contribution >= 4 is 23.4 Å². The van der Waals surface area contributed by atoms with Crippen molar-refractivity contribution in [3.8, 4) is 28.6 Å². The summed E-state index contributed by atoms with van der Waals surface area (Å²) in [5.41, 5.74) is 5.71. The van der Waals surface area contributed by atoms with Crippen molar-refractivity contribution in [2.45, 2.75) is 12.1 Å². The van der Waals surface area contributed by atoms with E-state index in [2.05, 4.69) is 20.7 Å². The molecule has 8 nitrogen and oxygen atoms in total. The molecule has 0 fully saturated rings. The second-order valence-electron chi connectivity index (χ2n) is 7.25. The average Bonchev–Trinajstić information content (AvgIpc) is 3.31. The third kappa shape index (κ3) is 5.26. The van der Waals surface area contributed by atoms with Gasteiger partial charge in [0.25, 0.3) is 5.91 Å². The van der Waals surface area contributed by atoms with Gasteiger partial charge in [0.1, 0.15) is 0 Å². The highest BCUT2D eigenvalue weighted by Gasteiger charge is 2.17. The Kier molecular flexibility index (Phi) is 7.24. The Hall–Kier alpha value is -4.11. The number of thioether (sulfide) groups is 1. The van der Waals surface area contributed by atoms with Crippen LogP contribution < -0.4 is 10.2 Å². The van der Waals surface area contributed by atoms with Gasteiger partial charge in [-0.3, -0.25) is 9.36 Å². The van der Waals surface area contributed by atoms with Crippen molar-refractivity contribution in [1.82, 2.24) is 20.2 Å². The van der Waals surface area contributed by atoms with Gasteiger partial charge in [0.15, 0.2) is 22.5 Å². The first-order chi connectivity index (χ1) is 16.6. The van der Waals surface area contributed by atoms with E-state index in [9.17, 15) is 9.90 Å². The fourth-order valence-electron chi connectivity index (χ4n) is 3.22. The lowest BCUT2D eigenvalue weighted by Crippen LogP contribution is -2.21. The molecule has 1 heterocycles. The number of carbonyl (C=O) groups is 1. The molecule has 0 saturated carbocycles. The Balaban J connectivity index is 1.49. The first-order valence-electron chi connectivity index (χ1n) is 10.5. The maximum Gasteiger partial charge on any atom is 0.250 e. The Labute approximate surface area is 201 Å². The molecule has 172 valence electrons. The number of aromatic hydroxyl groups is 1. The lowest BCUT2D eigenvalue weighted by atomic mass is 10.1. The number of aromatic nitrogens is 3. The van der Waals surface area contributed by atoms with Crippen molar-refractivity contribution in [1.29, 1.82) is 0 Å². The molecule has 0 aliphatic rings.